The van der Waals surface area contributed by atoms with E-state index in [4.69, 9.17) is 0 Å². The van der Waals surface area contributed by atoms with Crippen molar-refractivity contribution in [2.45, 2.75) is 26.3 Å². The molecular weight excluding hydrogens is 320 g/mol. The van der Waals surface area contributed by atoms with Gasteiger partial charge in [-0.05, 0) is 25.1 Å². The molecule has 1 aromatic carbocycles. The predicted octanol–water partition coefficient (Wildman–Crippen LogP) is 1.99. The maximum absolute atomic E-state index is 12.5. The second-order valence-corrected chi connectivity index (χ2v) is 5.58. The van der Waals surface area contributed by atoms with E-state index in [1.54, 1.807) is 36.5 Å². The first kappa shape index (κ1) is 16.6. The molecule has 2 aromatic rings. The molecule has 1 aliphatic rings. The van der Waals surface area contributed by atoms with Crippen LogP contribution >= 0.6 is 0 Å². The molecule has 0 bridgehead atoms. The van der Waals surface area contributed by atoms with Gasteiger partial charge in [0, 0.05) is 31.6 Å². The molecule has 0 aliphatic carbocycles. The van der Waals surface area contributed by atoms with Gasteiger partial charge in [0.05, 0.1) is 11.4 Å². The van der Waals surface area contributed by atoms with Gasteiger partial charge in [0.2, 0.25) is 5.91 Å². The molecule has 2 heterocycles. The van der Waals surface area contributed by atoms with Gasteiger partial charge in [0.15, 0.2) is 0 Å². The van der Waals surface area contributed by atoms with Crippen LogP contribution in [0.2, 0.25) is 0 Å². The van der Waals surface area contributed by atoms with Gasteiger partial charge < -0.3 is 9.88 Å². The number of benzene rings is 1. The van der Waals surface area contributed by atoms with E-state index < -0.39 is 0 Å². The number of nitrogens with one attached hydrogen (secondary N) is 1. The highest BCUT2D eigenvalue weighted by atomic mass is 16.2. The average molecular weight is 338 g/mol. The van der Waals surface area contributed by atoms with Crippen LogP contribution in [0.5, 0.6) is 0 Å². The molecule has 0 saturated carbocycles. The molecule has 0 radical (unpaired) electrons. The summed E-state index contributed by atoms with van der Waals surface area (Å²) in [5.41, 5.74) is 1.28. The Balaban J connectivity index is 1.82. The maximum Gasteiger partial charge on any atom is 0.271 e. The molecular formula is C18H18N4O3. The number of pyridine rings is 1. The maximum atomic E-state index is 12.5. The van der Waals surface area contributed by atoms with E-state index in [-0.39, 0.29) is 35.9 Å². The van der Waals surface area contributed by atoms with E-state index in [2.05, 4.69) is 10.4 Å². The van der Waals surface area contributed by atoms with E-state index >= 15 is 0 Å². The normalized spacial score (nSPS) is 14.2. The van der Waals surface area contributed by atoms with Crippen molar-refractivity contribution in [2.75, 3.05) is 10.3 Å². The van der Waals surface area contributed by atoms with Gasteiger partial charge in [-0.3, -0.25) is 14.4 Å². The number of aromatic nitrogens is 1. The Labute approximate surface area is 144 Å². The van der Waals surface area contributed by atoms with Crippen LogP contribution in [0.3, 0.4) is 0 Å². The Morgan fingerprint density at radius 2 is 1.88 bits per heavy atom. The van der Waals surface area contributed by atoms with Crippen molar-refractivity contribution in [1.29, 1.82) is 0 Å². The van der Waals surface area contributed by atoms with Crippen molar-refractivity contribution in [3.63, 3.8) is 0 Å². The fourth-order valence-electron chi connectivity index (χ4n) is 2.54. The van der Waals surface area contributed by atoms with E-state index in [1.165, 1.54) is 15.6 Å². The zero-order valence-electron chi connectivity index (χ0n) is 13.8. The molecule has 0 fully saturated rings. The van der Waals surface area contributed by atoms with Crippen LogP contribution in [0.25, 0.3) is 0 Å². The molecule has 1 aliphatic heterocycles. The SMILES string of the molecule is CCn1cc(NC(=O)C2=NN(c3ccccc3)C(=O)CC2)ccc1=O. The highest BCUT2D eigenvalue weighted by molar-refractivity contribution is 6.44. The number of aryl methyl sites for hydroxylation is 1. The Morgan fingerprint density at radius 3 is 2.60 bits per heavy atom. The van der Waals surface area contributed by atoms with Crippen LogP contribution < -0.4 is 15.9 Å². The van der Waals surface area contributed by atoms with Gasteiger partial charge in [-0.2, -0.15) is 5.10 Å². The third-order valence-electron chi connectivity index (χ3n) is 3.88. The van der Waals surface area contributed by atoms with E-state index in [0.717, 1.165) is 0 Å². The zero-order valence-corrected chi connectivity index (χ0v) is 13.8. The Kier molecular flexibility index (Phi) is 4.74. The summed E-state index contributed by atoms with van der Waals surface area (Å²) in [7, 11) is 0. The molecule has 2 amide bonds. The molecule has 0 spiro atoms. The molecule has 7 heteroatoms. The molecule has 3 rings (SSSR count). The smallest absolute Gasteiger partial charge is 0.271 e. The van der Waals surface area contributed by atoms with Gasteiger partial charge in [-0.1, -0.05) is 18.2 Å². The van der Waals surface area contributed by atoms with E-state index in [9.17, 15) is 14.4 Å². The van der Waals surface area contributed by atoms with Crippen molar-refractivity contribution in [3.05, 3.63) is 59.0 Å². The lowest BCUT2D eigenvalue weighted by Crippen LogP contribution is -2.36. The number of carbonyl (C=O) groups is 2. The summed E-state index contributed by atoms with van der Waals surface area (Å²) in [4.78, 5) is 36.2. The van der Waals surface area contributed by atoms with E-state index in [0.29, 0.717) is 17.9 Å². The number of rotatable bonds is 4. The monoisotopic (exact) mass is 338 g/mol. The standard InChI is InChI=1S/C18H18N4O3/c1-2-21-12-13(8-10-16(21)23)19-18(25)15-9-11-17(24)22(20-15)14-6-4-3-5-7-14/h3-8,10,12H,2,9,11H2,1H3,(H,19,25). The quantitative estimate of drug-likeness (QED) is 0.925. The molecule has 0 unspecified atom stereocenters. The largest absolute Gasteiger partial charge is 0.320 e. The molecule has 0 saturated heterocycles. The summed E-state index contributed by atoms with van der Waals surface area (Å²) >= 11 is 0. The highest BCUT2D eigenvalue weighted by Gasteiger charge is 2.25. The van der Waals surface area contributed by atoms with Crippen LogP contribution in [-0.2, 0) is 16.1 Å². The Bertz CT molecular complexity index is 887. The number of nitrogens with zero attached hydrogens (tertiary/aromatic N) is 3. The van der Waals surface area contributed by atoms with Crippen molar-refractivity contribution in [2.24, 2.45) is 5.10 Å². The van der Waals surface area contributed by atoms with Crippen molar-refractivity contribution >= 4 is 28.9 Å². The molecule has 1 aromatic heterocycles. The lowest BCUT2D eigenvalue weighted by molar-refractivity contribution is -0.118. The van der Waals surface area contributed by atoms with Gasteiger partial charge in [0.1, 0.15) is 5.71 Å². The third-order valence-corrected chi connectivity index (χ3v) is 3.88. The fraction of sp³-hybridized carbons (Fsp3) is 0.222. The van der Waals surface area contributed by atoms with Crippen LogP contribution in [0.4, 0.5) is 11.4 Å². The third kappa shape index (κ3) is 3.65. The average Bonchev–Trinajstić information content (AvgIpc) is 2.64. The summed E-state index contributed by atoms with van der Waals surface area (Å²) < 4.78 is 1.50. The summed E-state index contributed by atoms with van der Waals surface area (Å²) in [6.07, 6.45) is 2.08. The lowest BCUT2D eigenvalue weighted by atomic mass is 10.1. The molecule has 1 N–H and O–H groups in total. The zero-order chi connectivity index (χ0) is 17.8. The first-order valence-corrected chi connectivity index (χ1v) is 8.06. The number of carbonyl (C=O) groups excluding carboxylic acids is 2. The summed E-state index contributed by atoms with van der Waals surface area (Å²) in [6.45, 7) is 2.36. The fourth-order valence-corrected chi connectivity index (χ4v) is 2.54. The number of hydrogen-bond acceptors (Lipinski definition) is 4. The predicted molar refractivity (Wildman–Crippen MR) is 95.6 cm³/mol. The lowest BCUT2D eigenvalue weighted by Gasteiger charge is -2.23. The summed E-state index contributed by atoms with van der Waals surface area (Å²) in [5.74, 6) is -0.531. The first-order valence-electron chi connectivity index (χ1n) is 8.06. The second kappa shape index (κ2) is 7.12. The number of anilines is 2. The number of para-hydroxylation sites is 1. The number of amides is 2. The van der Waals surface area contributed by atoms with E-state index in [1.807, 2.05) is 13.0 Å². The minimum absolute atomic E-state index is 0.128. The topological polar surface area (TPSA) is 83.8 Å². The van der Waals surface area contributed by atoms with Crippen LogP contribution in [0.15, 0.2) is 58.6 Å². The van der Waals surface area contributed by atoms with Crippen molar-refractivity contribution in [3.8, 4) is 0 Å². The Hall–Kier alpha value is -3.22. The van der Waals surface area contributed by atoms with Crippen molar-refractivity contribution in [1.82, 2.24) is 4.57 Å². The van der Waals surface area contributed by atoms with Gasteiger partial charge in [-0.25, -0.2) is 5.01 Å². The molecule has 0 atom stereocenters. The summed E-state index contributed by atoms with van der Waals surface area (Å²) in [6, 6.07) is 11.9. The minimum atomic E-state index is -0.380. The molecule has 7 nitrogen and oxygen atoms in total. The van der Waals surface area contributed by atoms with Crippen LogP contribution in [0, 0.1) is 0 Å². The highest BCUT2D eigenvalue weighted by Crippen LogP contribution is 2.20. The first-order chi connectivity index (χ1) is 12.1. The van der Waals surface area contributed by atoms with Gasteiger partial charge in [-0.15, -0.1) is 0 Å². The minimum Gasteiger partial charge on any atom is -0.320 e. The van der Waals surface area contributed by atoms with Crippen LogP contribution in [-0.4, -0.2) is 22.1 Å². The summed E-state index contributed by atoms with van der Waals surface area (Å²) in [5, 5.41) is 8.20. The van der Waals surface area contributed by atoms with Gasteiger partial charge in [0.25, 0.3) is 11.5 Å². The molecule has 25 heavy (non-hydrogen) atoms. The number of hydrogen-bond donors (Lipinski definition) is 1. The van der Waals surface area contributed by atoms with Crippen LogP contribution in [0.1, 0.15) is 19.8 Å². The Morgan fingerprint density at radius 1 is 1.12 bits per heavy atom. The van der Waals surface area contributed by atoms with Gasteiger partial charge >= 0.3 is 0 Å². The second-order valence-electron chi connectivity index (χ2n) is 5.58. The van der Waals surface area contributed by atoms with Crippen molar-refractivity contribution < 1.29 is 9.59 Å². The molecule has 128 valence electrons. The number of hydrazone groups is 1.